The molecule has 1 fully saturated rings. The quantitative estimate of drug-likeness (QED) is 0.794. The standard InChI is InChI=1S/C11H13N3O/c12-6-10-2-1-4-14-11(10)15-8-9-3-5-13-7-9/h1-2,4,9,13H,3,5,7-8H2/t9-/m1/s1. The van der Waals surface area contributed by atoms with Crippen LogP contribution in [0.2, 0.25) is 0 Å². The Morgan fingerprint density at radius 3 is 3.33 bits per heavy atom. The topological polar surface area (TPSA) is 57.9 Å². The number of nitrogens with zero attached hydrogens (tertiary/aromatic N) is 2. The summed E-state index contributed by atoms with van der Waals surface area (Å²) in [6.45, 7) is 2.69. The molecule has 0 amide bonds. The van der Waals surface area contributed by atoms with E-state index in [2.05, 4.69) is 16.4 Å². The van der Waals surface area contributed by atoms with Gasteiger partial charge in [0.15, 0.2) is 0 Å². The van der Waals surface area contributed by atoms with Gasteiger partial charge in [-0.3, -0.25) is 0 Å². The van der Waals surface area contributed by atoms with Crippen molar-refractivity contribution < 1.29 is 4.74 Å². The van der Waals surface area contributed by atoms with E-state index in [1.54, 1.807) is 18.3 Å². The summed E-state index contributed by atoms with van der Waals surface area (Å²) in [6, 6.07) is 5.52. The molecule has 1 aromatic heterocycles. The zero-order chi connectivity index (χ0) is 10.5. The summed E-state index contributed by atoms with van der Waals surface area (Å²) in [4.78, 5) is 4.05. The minimum Gasteiger partial charge on any atom is -0.476 e. The smallest absolute Gasteiger partial charge is 0.231 e. The summed E-state index contributed by atoms with van der Waals surface area (Å²) in [5, 5.41) is 12.1. The fourth-order valence-electron chi connectivity index (χ4n) is 1.64. The number of aromatic nitrogens is 1. The minimum absolute atomic E-state index is 0.451. The molecule has 0 radical (unpaired) electrons. The molecule has 1 saturated heterocycles. The molecule has 2 rings (SSSR count). The van der Waals surface area contributed by atoms with Crippen LogP contribution >= 0.6 is 0 Å². The van der Waals surface area contributed by atoms with Gasteiger partial charge in [-0.25, -0.2) is 4.98 Å². The number of ether oxygens (including phenoxy) is 1. The largest absolute Gasteiger partial charge is 0.476 e. The Kier molecular flexibility index (Phi) is 3.15. The Morgan fingerprint density at radius 1 is 1.67 bits per heavy atom. The molecule has 15 heavy (non-hydrogen) atoms. The first-order valence-electron chi connectivity index (χ1n) is 5.09. The van der Waals surface area contributed by atoms with Crippen molar-refractivity contribution in [3.05, 3.63) is 23.9 Å². The van der Waals surface area contributed by atoms with Gasteiger partial charge in [0.05, 0.1) is 6.61 Å². The SMILES string of the molecule is N#Cc1cccnc1OC[C@@H]1CCNC1. The highest BCUT2D eigenvalue weighted by molar-refractivity contribution is 5.36. The molecule has 1 aromatic rings. The second kappa shape index (κ2) is 4.76. The Hall–Kier alpha value is -1.60. The predicted molar refractivity (Wildman–Crippen MR) is 55.4 cm³/mol. The summed E-state index contributed by atoms with van der Waals surface area (Å²) in [7, 11) is 0. The molecule has 0 bridgehead atoms. The highest BCUT2D eigenvalue weighted by atomic mass is 16.5. The third-order valence-corrected chi connectivity index (χ3v) is 2.51. The Morgan fingerprint density at radius 2 is 2.60 bits per heavy atom. The second-order valence-electron chi connectivity index (χ2n) is 3.64. The van der Waals surface area contributed by atoms with Crippen LogP contribution in [0.5, 0.6) is 5.88 Å². The maximum atomic E-state index is 8.83. The minimum atomic E-state index is 0.451. The number of hydrogen-bond acceptors (Lipinski definition) is 4. The van der Waals surface area contributed by atoms with Crippen molar-refractivity contribution in [3.63, 3.8) is 0 Å². The molecule has 0 unspecified atom stereocenters. The molecule has 0 saturated carbocycles. The predicted octanol–water partition coefficient (Wildman–Crippen LogP) is 0.942. The van der Waals surface area contributed by atoms with Crippen molar-refractivity contribution in [1.82, 2.24) is 10.3 Å². The highest BCUT2D eigenvalue weighted by Gasteiger charge is 2.15. The van der Waals surface area contributed by atoms with Crippen molar-refractivity contribution >= 4 is 0 Å². The van der Waals surface area contributed by atoms with E-state index in [1.165, 1.54) is 0 Å². The van der Waals surface area contributed by atoms with Gasteiger partial charge in [-0.15, -0.1) is 0 Å². The van der Waals surface area contributed by atoms with Gasteiger partial charge in [-0.2, -0.15) is 5.26 Å². The first-order chi connectivity index (χ1) is 7.40. The molecule has 2 heterocycles. The summed E-state index contributed by atoms with van der Waals surface area (Å²) < 4.78 is 5.54. The molecular weight excluding hydrogens is 190 g/mol. The van der Waals surface area contributed by atoms with Crippen molar-refractivity contribution in [2.45, 2.75) is 6.42 Å². The molecule has 78 valence electrons. The van der Waals surface area contributed by atoms with Crippen molar-refractivity contribution in [3.8, 4) is 11.9 Å². The van der Waals surface area contributed by atoms with Crippen LogP contribution in [0, 0.1) is 17.2 Å². The van der Waals surface area contributed by atoms with Crippen molar-refractivity contribution in [1.29, 1.82) is 5.26 Å². The summed E-state index contributed by atoms with van der Waals surface area (Å²) in [5.41, 5.74) is 0.503. The van der Waals surface area contributed by atoms with Gasteiger partial charge in [-0.1, -0.05) is 0 Å². The lowest BCUT2D eigenvalue weighted by Gasteiger charge is -2.10. The van der Waals surface area contributed by atoms with Gasteiger partial charge in [-0.05, 0) is 25.1 Å². The normalized spacial score (nSPS) is 19.8. The zero-order valence-corrected chi connectivity index (χ0v) is 8.44. The number of nitrogens with one attached hydrogen (secondary N) is 1. The van der Waals surface area contributed by atoms with E-state index in [-0.39, 0.29) is 0 Å². The van der Waals surface area contributed by atoms with Gasteiger partial charge in [0.1, 0.15) is 11.6 Å². The monoisotopic (exact) mass is 203 g/mol. The van der Waals surface area contributed by atoms with Crippen molar-refractivity contribution in [2.75, 3.05) is 19.7 Å². The fourth-order valence-corrected chi connectivity index (χ4v) is 1.64. The van der Waals surface area contributed by atoms with E-state index >= 15 is 0 Å². The van der Waals surface area contributed by atoms with E-state index in [0.29, 0.717) is 24.0 Å². The molecule has 4 heteroatoms. The van der Waals surface area contributed by atoms with Crippen LogP contribution in [0.4, 0.5) is 0 Å². The van der Waals surface area contributed by atoms with Crippen LogP contribution in [0.25, 0.3) is 0 Å². The lowest BCUT2D eigenvalue weighted by molar-refractivity contribution is 0.250. The molecule has 0 aliphatic carbocycles. The maximum Gasteiger partial charge on any atom is 0.231 e. The number of nitriles is 1. The first-order valence-corrected chi connectivity index (χ1v) is 5.09. The third kappa shape index (κ3) is 2.45. The summed E-state index contributed by atoms with van der Waals surface area (Å²) in [6.07, 6.45) is 2.78. The Balaban J connectivity index is 1.95. The molecule has 1 atom stereocenters. The van der Waals surface area contributed by atoms with Crippen LogP contribution in [-0.2, 0) is 0 Å². The Bertz CT molecular complexity index is 366. The first kappa shape index (κ1) is 9.94. The van der Waals surface area contributed by atoms with E-state index in [1.807, 2.05) is 0 Å². The number of hydrogen-bond donors (Lipinski definition) is 1. The van der Waals surface area contributed by atoms with Gasteiger partial charge >= 0.3 is 0 Å². The number of pyridine rings is 1. The lowest BCUT2D eigenvalue weighted by atomic mass is 10.1. The lowest BCUT2D eigenvalue weighted by Crippen LogP contribution is -2.16. The molecule has 1 N–H and O–H groups in total. The molecule has 1 aliphatic heterocycles. The summed E-state index contributed by atoms with van der Waals surface area (Å²) >= 11 is 0. The van der Waals surface area contributed by atoms with Gasteiger partial charge < -0.3 is 10.1 Å². The van der Waals surface area contributed by atoms with Crippen LogP contribution in [0.1, 0.15) is 12.0 Å². The van der Waals surface area contributed by atoms with Gasteiger partial charge in [0, 0.05) is 18.7 Å². The van der Waals surface area contributed by atoms with E-state index < -0.39 is 0 Å². The molecular formula is C11H13N3O. The zero-order valence-electron chi connectivity index (χ0n) is 8.44. The molecule has 0 aromatic carbocycles. The average Bonchev–Trinajstić information content (AvgIpc) is 2.79. The average molecular weight is 203 g/mol. The van der Waals surface area contributed by atoms with E-state index in [9.17, 15) is 0 Å². The maximum absolute atomic E-state index is 8.83. The van der Waals surface area contributed by atoms with Gasteiger partial charge in [0.2, 0.25) is 5.88 Å². The van der Waals surface area contributed by atoms with Crippen LogP contribution in [0.15, 0.2) is 18.3 Å². The highest BCUT2D eigenvalue weighted by Crippen LogP contribution is 2.15. The summed E-state index contributed by atoms with van der Waals surface area (Å²) in [5.74, 6) is 0.991. The third-order valence-electron chi connectivity index (χ3n) is 2.51. The van der Waals surface area contributed by atoms with Gasteiger partial charge in [0.25, 0.3) is 0 Å². The van der Waals surface area contributed by atoms with Crippen molar-refractivity contribution in [2.24, 2.45) is 5.92 Å². The number of rotatable bonds is 3. The van der Waals surface area contributed by atoms with Crippen LogP contribution in [-0.4, -0.2) is 24.7 Å². The Labute approximate surface area is 88.9 Å². The molecule has 1 aliphatic rings. The van der Waals surface area contributed by atoms with Crippen LogP contribution in [0.3, 0.4) is 0 Å². The fraction of sp³-hybridized carbons (Fsp3) is 0.455. The molecule has 4 nitrogen and oxygen atoms in total. The van der Waals surface area contributed by atoms with Crippen LogP contribution < -0.4 is 10.1 Å². The van der Waals surface area contributed by atoms with E-state index in [0.717, 1.165) is 19.5 Å². The van der Waals surface area contributed by atoms with E-state index in [4.69, 9.17) is 10.00 Å². The molecule has 0 spiro atoms. The second-order valence-corrected chi connectivity index (χ2v) is 3.64.